The molecule has 0 fully saturated rings. The van der Waals surface area contributed by atoms with Crippen LogP contribution in [0.1, 0.15) is 25.7 Å². The second kappa shape index (κ2) is 22.8. The summed E-state index contributed by atoms with van der Waals surface area (Å²) < 4.78 is 0. The van der Waals surface area contributed by atoms with E-state index in [1.54, 1.807) is 0 Å². The highest BCUT2D eigenvalue weighted by molar-refractivity contribution is 5.67. The maximum Gasteiger partial charge on any atom is 0.303 e. The van der Waals surface area contributed by atoms with Crippen LogP contribution in [-0.4, -0.2) is 27.6 Å². The summed E-state index contributed by atoms with van der Waals surface area (Å²) in [5.41, 5.74) is 0. The standard InChI is InChI=1S/C6H10O4.2C2H4.H2O/c7-5(8)3-1-2-4-6(9)10;2*1-2;/h1-4H2,(H,7,8)(H,9,10);2*1-2H2;1H2. The Hall–Kier alpha value is -1.62. The first kappa shape index (κ1) is 23.3. The Labute approximate surface area is 90.0 Å². The Bertz CT molecular complexity index is 138. The molecule has 0 amide bonds. The average Bonchev–Trinajstić information content (AvgIpc) is 2.18. The fourth-order valence-electron chi connectivity index (χ4n) is 0.552. The third kappa shape index (κ3) is 46.1. The zero-order valence-electron chi connectivity index (χ0n) is 8.87. The van der Waals surface area contributed by atoms with Gasteiger partial charge in [0.15, 0.2) is 0 Å². The van der Waals surface area contributed by atoms with E-state index in [2.05, 4.69) is 26.3 Å². The second-order valence-corrected chi connectivity index (χ2v) is 1.99. The Morgan fingerprint density at radius 2 is 1.00 bits per heavy atom. The summed E-state index contributed by atoms with van der Waals surface area (Å²) in [6, 6.07) is 0. The monoisotopic (exact) mass is 220 g/mol. The Kier molecular flexibility index (Phi) is 35.5. The molecule has 4 N–H and O–H groups in total. The largest absolute Gasteiger partial charge is 0.481 e. The number of carboxylic acids is 2. The normalized spacial score (nSPS) is 6.67. The molecule has 0 radical (unpaired) electrons. The number of unbranched alkanes of at least 4 members (excludes halogenated alkanes) is 1. The quantitative estimate of drug-likeness (QED) is 0.540. The fourth-order valence-corrected chi connectivity index (χ4v) is 0.552. The van der Waals surface area contributed by atoms with E-state index in [1.165, 1.54) is 0 Å². The molecule has 5 heteroatoms. The molecule has 15 heavy (non-hydrogen) atoms. The van der Waals surface area contributed by atoms with Gasteiger partial charge in [0.25, 0.3) is 0 Å². The molecule has 0 atom stereocenters. The second-order valence-electron chi connectivity index (χ2n) is 1.99. The van der Waals surface area contributed by atoms with Crippen LogP contribution in [0.3, 0.4) is 0 Å². The Morgan fingerprint density at radius 3 is 1.13 bits per heavy atom. The molecule has 0 saturated heterocycles. The number of carbonyl (C=O) groups is 2. The summed E-state index contributed by atoms with van der Waals surface area (Å²) in [6.45, 7) is 12.0. The molecule has 0 aromatic carbocycles. The van der Waals surface area contributed by atoms with Gasteiger partial charge in [0.05, 0.1) is 0 Å². The molecule has 0 aromatic heterocycles. The molecule has 0 rings (SSSR count). The molecule has 0 unspecified atom stereocenters. The minimum atomic E-state index is -0.870. The summed E-state index contributed by atoms with van der Waals surface area (Å²) in [4.78, 5) is 19.8. The highest BCUT2D eigenvalue weighted by Gasteiger charge is 1.99. The maximum absolute atomic E-state index is 9.90. The third-order valence-corrected chi connectivity index (χ3v) is 1.03. The van der Waals surface area contributed by atoms with E-state index >= 15 is 0 Å². The van der Waals surface area contributed by atoms with Crippen molar-refractivity contribution in [3.05, 3.63) is 26.3 Å². The SMILES string of the molecule is C=C.C=C.O.O=C(O)CCCCC(=O)O. The van der Waals surface area contributed by atoms with Crippen molar-refractivity contribution in [2.24, 2.45) is 0 Å². The molecular weight excluding hydrogens is 200 g/mol. The van der Waals surface area contributed by atoms with E-state index < -0.39 is 11.9 Å². The van der Waals surface area contributed by atoms with E-state index in [0.717, 1.165) is 0 Å². The van der Waals surface area contributed by atoms with Crippen LogP contribution in [0.2, 0.25) is 0 Å². The van der Waals surface area contributed by atoms with Gasteiger partial charge in [0.2, 0.25) is 0 Å². The predicted octanol–water partition coefficient (Wildman–Crippen LogP) is 1.50. The zero-order chi connectivity index (χ0) is 12.0. The van der Waals surface area contributed by atoms with Crippen molar-refractivity contribution in [3.8, 4) is 0 Å². The van der Waals surface area contributed by atoms with Crippen molar-refractivity contribution in [1.29, 1.82) is 0 Å². The van der Waals surface area contributed by atoms with E-state index in [0.29, 0.717) is 12.8 Å². The number of carboxylic acid groups (broad SMARTS) is 2. The molecule has 0 heterocycles. The van der Waals surface area contributed by atoms with Gasteiger partial charge < -0.3 is 15.7 Å². The zero-order valence-corrected chi connectivity index (χ0v) is 8.87. The van der Waals surface area contributed by atoms with Gasteiger partial charge in [-0.1, -0.05) is 0 Å². The van der Waals surface area contributed by atoms with Crippen molar-refractivity contribution < 1.29 is 25.3 Å². The fraction of sp³-hybridized carbons (Fsp3) is 0.400. The topological polar surface area (TPSA) is 106 Å². The van der Waals surface area contributed by atoms with Gasteiger partial charge in [-0.3, -0.25) is 9.59 Å². The molecule has 0 aromatic rings. The van der Waals surface area contributed by atoms with E-state index in [4.69, 9.17) is 10.2 Å². The van der Waals surface area contributed by atoms with Crippen molar-refractivity contribution in [1.82, 2.24) is 0 Å². The summed E-state index contributed by atoms with van der Waals surface area (Å²) in [6.07, 6.45) is 1.02. The van der Waals surface area contributed by atoms with Crippen LogP contribution in [0.5, 0.6) is 0 Å². The van der Waals surface area contributed by atoms with Crippen molar-refractivity contribution in [2.45, 2.75) is 25.7 Å². The molecule has 5 nitrogen and oxygen atoms in total. The Morgan fingerprint density at radius 1 is 0.800 bits per heavy atom. The molecule has 0 saturated carbocycles. The van der Waals surface area contributed by atoms with Gasteiger partial charge in [-0.05, 0) is 12.8 Å². The molecule has 0 aliphatic carbocycles. The van der Waals surface area contributed by atoms with Crippen LogP contribution < -0.4 is 0 Å². The lowest BCUT2D eigenvalue weighted by Crippen LogP contribution is -1.97. The summed E-state index contributed by atoms with van der Waals surface area (Å²) >= 11 is 0. The van der Waals surface area contributed by atoms with Crippen LogP contribution in [0.25, 0.3) is 0 Å². The van der Waals surface area contributed by atoms with E-state index in [9.17, 15) is 9.59 Å². The Balaban J connectivity index is -0.000000107. The number of hydrogen-bond donors (Lipinski definition) is 2. The molecule has 0 bridgehead atoms. The lowest BCUT2D eigenvalue weighted by Gasteiger charge is -1.92. The number of hydrogen-bond acceptors (Lipinski definition) is 2. The summed E-state index contributed by atoms with van der Waals surface area (Å²) in [5, 5.41) is 16.3. The highest BCUT2D eigenvalue weighted by atomic mass is 16.4. The van der Waals surface area contributed by atoms with Gasteiger partial charge in [0, 0.05) is 12.8 Å². The van der Waals surface area contributed by atoms with Crippen LogP contribution in [0, 0.1) is 0 Å². The first-order valence-corrected chi connectivity index (χ1v) is 4.06. The predicted molar refractivity (Wildman–Crippen MR) is 59.9 cm³/mol. The van der Waals surface area contributed by atoms with Crippen molar-refractivity contribution >= 4 is 11.9 Å². The van der Waals surface area contributed by atoms with Gasteiger partial charge in [-0.15, -0.1) is 26.3 Å². The average molecular weight is 220 g/mol. The van der Waals surface area contributed by atoms with Crippen molar-refractivity contribution in [3.63, 3.8) is 0 Å². The third-order valence-electron chi connectivity index (χ3n) is 1.03. The maximum atomic E-state index is 9.90. The van der Waals surface area contributed by atoms with E-state index in [1.807, 2.05) is 0 Å². The molecule has 0 aliphatic heterocycles. The molecule has 0 aliphatic rings. The van der Waals surface area contributed by atoms with Crippen LogP contribution in [-0.2, 0) is 9.59 Å². The number of aliphatic carboxylic acids is 2. The minimum absolute atomic E-state index is 0. The molecule has 0 spiro atoms. The molecule has 90 valence electrons. The summed E-state index contributed by atoms with van der Waals surface area (Å²) in [5.74, 6) is -1.74. The van der Waals surface area contributed by atoms with Gasteiger partial charge in [0.1, 0.15) is 0 Å². The van der Waals surface area contributed by atoms with Crippen LogP contribution in [0.4, 0.5) is 0 Å². The van der Waals surface area contributed by atoms with Gasteiger partial charge in [-0.2, -0.15) is 0 Å². The first-order valence-electron chi connectivity index (χ1n) is 4.06. The van der Waals surface area contributed by atoms with Crippen LogP contribution >= 0.6 is 0 Å². The van der Waals surface area contributed by atoms with Crippen LogP contribution in [0.15, 0.2) is 26.3 Å². The van der Waals surface area contributed by atoms with Crippen molar-refractivity contribution in [2.75, 3.05) is 0 Å². The van der Waals surface area contributed by atoms with Gasteiger partial charge >= 0.3 is 11.9 Å². The van der Waals surface area contributed by atoms with E-state index in [-0.39, 0.29) is 18.3 Å². The lowest BCUT2D eigenvalue weighted by atomic mass is 10.2. The smallest absolute Gasteiger partial charge is 0.303 e. The van der Waals surface area contributed by atoms with Gasteiger partial charge in [-0.25, -0.2) is 0 Å². The lowest BCUT2D eigenvalue weighted by molar-refractivity contribution is -0.139. The first-order chi connectivity index (χ1) is 6.63. The number of rotatable bonds is 5. The minimum Gasteiger partial charge on any atom is -0.481 e. The molecular formula is C10H20O5. The summed E-state index contributed by atoms with van der Waals surface area (Å²) in [7, 11) is 0. The highest BCUT2D eigenvalue weighted by Crippen LogP contribution is 1.98.